The number of hydrogen-bond donors (Lipinski definition) is 0. The summed E-state index contributed by atoms with van der Waals surface area (Å²) in [7, 11) is 2.97. The maximum atomic E-state index is 4.99. The highest BCUT2D eigenvalue weighted by Gasteiger charge is 2.21. The Morgan fingerprint density at radius 3 is 1.67 bits per heavy atom. The molecule has 0 aromatic rings. The van der Waals surface area contributed by atoms with Gasteiger partial charge in [-0.3, -0.25) is 0 Å². The van der Waals surface area contributed by atoms with Gasteiger partial charge >= 0.3 is 23.1 Å². The predicted octanol–water partition coefficient (Wildman–Crippen LogP) is -0.414. The van der Waals surface area contributed by atoms with E-state index < -0.39 is 4.32 Å². The van der Waals surface area contributed by atoms with E-state index in [0.29, 0.717) is 0 Å². The molecule has 0 atom stereocenters. The van der Waals surface area contributed by atoms with E-state index in [2.05, 4.69) is 22.5 Å². The second-order valence-electron chi connectivity index (χ2n) is 1.42. The van der Waals surface area contributed by atoms with E-state index >= 15 is 0 Å². The Kier molecular flexibility index (Phi) is 8.84. The van der Waals surface area contributed by atoms with Crippen molar-refractivity contribution in [1.29, 1.82) is 0 Å². The van der Waals surface area contributed by atoms with Crippen molar-refractivity contribution in [3.8, 4) is 0 Å². The van der Waals surface area contributed by atoms with Gasteiger partial charge in [0, 0.05) is 14.2 Å². The van der Waals surface area contributed by atoms with E-state index in [9.17, 15) is 0 Å². The van der Waals surface area contributed by atoms with Crippen LogP contribution in [0.25, 0.3) is 0 Å². The summed E-state index contributed by atoms with van der Waals surface area (Å²) in [6, 6.07) is 0. The molecule has 0 amide bonds. The van der Waals surface area contributed by atoms with Crippen LogP contribution in [0.5, 0.6) is 0 Å². The van der Waals surface area contributed by atoms with Crippen molar-refractivity contribution in [2.24, 2.45) is 0 Å². The van der Waals surface area contributed by atoms with Crippen molar-refractivity contribution in [3.63, 3.8) is 0 Å². The normalized spacial score (nSPS) is 12.0. The molecule has 2 nitrogen and oxygen atoms in total. The number of hydrogen-bond acceptors (Lipinski definition) is 2. The van der Waals surface area contributed by atoms with Crippen molar-refractivity contribution in [1.82, 2.24) is 0 Å². The van der Waals surface area contributed by atoms with Crippen LogP contribution in [0.1, 0.15) is 0 Å². The second-order valence-corrected chi connectivity index (χ2v) is 5.30. The zero-order valence-electron chi connectivity index (χ0n) is 5.40. The highest BCUT2D eigenvalue weighted by atomic mass is 79.9. The van der Waals surface area contributed by atoms with Gasteiger partial charge in [0.25, 0.3) is 0 Å². The van der Waals surface area contributed by atoms with Crippen molar-refractivity contribution in [3.05, 3.63) is 0 Å². The maximum absolute atomic E-state index is 4.99. The molecule has 0 aromatic heterocycles. The Balaban J connectivity index is 0. The lowest BCUT2D eigenvalue weighted by atomic mass is 11.3. The summed E-state index contributed by atoms with van der Waals surface area (Å²) in [6.07, 6.45) is 0. The van der Waals surface area contributed by atoms with Crippen molar-refractivity contribution in [2.45, 2.75) is 10.9 Å². The van der Waals surface area contributed by atoms with Gasteiger partial charge in [0.15, 0.2) is 4.32 Å². The number of methoxy groups -OCH3 is 2. The van der Waals surface area contributed by atoms with Gasteiger partial charge in [-0.25, -0.2) is 0 Å². The topological polar surface area (TPSA) is 18.5 Å². The molecule has 5 heteroatoms. The molecule has 0 aromatic carbocycles. The highest BCUT2D eigenvalue weighted by molar-refractivity contribution is 9.10. The third-order valence-electron chi connectivity index (χ3n) is 1.03. The first-order valence-corrected chi connectivity index (χ1v) is 5.39. The summed E-state index contributed by atoms with van der Waals surface area (Å²) in [5.41, 5.74) is 0. The average molecular weight is 225 g/mol. The minimum Gasteiger partial charge on any atom is -0.348 e. The molecule has 0 saturated carbocycles. The van der Waals surface area contributed by atoms with Gasteiger partial charge in [-0.15, -0.1) is 0 Å². The van der Waals surface area contributed by atoms with Crippen LogP contribution >= 0.6 is 15.9 Å². The van der Waals surface area contributed by atoms with Crippen molar-refractivity contribution < 1.29 is 9.47 Å². The van der Waals surface area contributed by atoms with E-state index in [4.69, 9.17) is 9.47 Å². The first kappa shape index (κ1) is 13.0. The van der Waals surface area contributed by atoms with E-state index in [1.54, 1.807) is 14.2 Å². The zero-order valence-corrected chi connectivity index (χ0v) is 8.40. The van der Waals surface area contributed by atoms with Gasteiger partial charge in [-0.2, -0.15) is 0 Å². The molecule has 0 N–H and O–H groups in total. The van der Waals surface area contributed by atoms with E-state index in [-0.39, 0.29) is 32.6 Å². The standard InChI is InChI=1S/C4H11BrO2Si.Mg.2H/c1-6-4(5,7-2)8-3;;;/h8H2,1-3H3;;;. The summed E-state index contributed by atoms with van der Waals surface area (Å²) in [5.74, 6) is 0. The molecule has 9 heavy (non-hydrogen) atoms. The smallest absolute Gasteiger partial charge is 0.316 e. The fourth-order valence-electron chi connectivity index (χ4n) is 0.372. The monoisotopic (exact) mass is 224 g/mol. The van der Waals surface area contributed by atoms with Gasteiger partial charge < -0.3 is 9.47 Å². The lowest BCUT2D eigenvalue weighted by Crippen LogP contribution is -2.31. The molecule has 0 saturated heterocycles. The van der Waals surface area contributed by atoms with E-state index in [0.717, 1.165) is 0 Å². The molecule has 0 heterocycles. The van der Waals surface area contributed by atoms with Crippen LogP contribution in [0.3, 0.4) is 0 Å². The first-order chi connectivity index (χ1) is 3.68. The van der Waals surface area contributed by atoms with E-state index in [1.807, 2.05) is 0 Å². The number of rotatable bonds is 3. The molecule has 0 aliphatic carbocycles. The molecular weight excluding hydrogens is 212 g/mol. The molecule has 0 radical (unpaired) electrons. The highest BCUT2D eigenvalue weighted by Crippen LogP contribution is 2.16. The van der Waals surface area contributed by atoms with Crippen LogP contribution < -0.4 is 0 Å². The molecular formula is C4H13BrMgO2Si. The van der Waals surface area contributed by atoms with Gasteiger partial charge in [0.05, 0.1) is 0 Å². The van der Waals surface area contributed by atoms with Crippen LogP contribution in [-0.2, 0) is 9.47 Å². The van der Waals surface area contributed by atoms with Gasteiger partial charge in [0.2, 0.25) is 0 Å². The maximum Gasteiger partial charge on any atom is 0.316 e. The molecule has 0 fully saturated rings. The van der Waals surface area contributed by atoms with E-state index in [1.165, 1.54) is 0 Å². The van der Waals surface area contributed by atoms with Gasteiger partial charge in [0.1, 0.15) is 9.52 Å². The number of alkyl halides is 1. The van der Waals surface area contributed by atoms with Crippen LogP contribution in [-0.4, -0.2) is 51.1 Å². The Morgan fingerprint density at radius 2 is 1.67 bits per heavy atom. The number of ether oxygens (including phenoxy) is 2. The predicted molar refractivity (Wildman–Crippen MR) is 48.6 cm³/mol. The molecule has 0 spiro atoms. The largest absolute Gasteiger partial charge is 0.348 e. The quantitative estimate of drug-likeness (QED) is 0.369. The summed E-state index contributed by atoms with van der Waals surface area (Å²) in [6.45, 7) is 2.11. The SMILES string of the molecule is COC(Br)(OC)[SiH2]C.[MgH2]. The molecule has 0 bridgehead atoms. The summed E-state index contributed by atoms with van der Waals surface area (Å²) in [4.78, 5) is 0. The molecule has 0 rings (SSSR count). The lowest BCUT2D eigenvalue weighted by Gasteiger charge is -2.21. The lowest BCUT2D eigenvalue weighted by molar-refractivity contribution is -0.0671. The fourth-order valence-corrected chi connectivity index (χ4v) is 0.949. The Bertz CT molecular complexity index is 61.3. The minimum atomic E-state index is -0.424. The van der Waals surface area contributed by atoms with Crippen LogP contribution in [0.4, 0.5) is 0 Å². The zero-order chi connectivity index (χ0) is 6.62. The first-order valence-electron chi connectivity index (χ1n) is 2.47. The summed E-state index contributed by atoms with van der Waals surface area (Å²) >= 11 is 3.30. The van der Waals surface area contributed by atoms with Crippen molar-refractivity contribution >= 4 is 48.5 Å². The van der Waals surface area contributed by atoms with Crippen LogP contribution in [0.2, 0.25) is 6.55 Å². The molecule has 54 valence electrons. The van der Waals surface area contributed by atoms with Crippen molar-refractivity contribution in [2.75, 3.05) is 14.2 Å². The minimum absolute atomic E-state index is 0. The van der Waals surface area contributed by atoms with Gasteiger partial charge in [-0.05, 0) is 15.9 Å². The second kappa shape index (κ2) is 6.12. The molecule has 0 aliphatic rings. The summed E-state index contributed by atoms with van der Waals surface area (Å²) in [5, 5.41) is 0. The third kappa shape index (κ3) is 4.74. The van der Waals surface area contributed by atoms with Gasteiger partial charge in [-0.1, -0.05) is 6.55 Å². The Labute approximate surface area is 82.8 Å². The van der Waals surface area contributed by atoms with Crippen LogP contribution in [0.15, 0.2) is 0 Å². The molecule has 0 aliphatic heterocycles. The fraction of sp³-hybridized carbons (Fsp3) is 1.00. The Morgan fingerprint density at radius 1 is 1.33 bits per heavy atom. The van der Waals surface area contributed by atoms with Crippen LogP contribution in [0, 0.1) is 0 Å². The molecule has 0 unspecified atom stereocenters. The third-order valence-corrected chi connectivity index (χ3v) is 4.78. The summed E-state index contributed by atoms with van der Waals surface area (Å²) < 4.78 is 9.56. The number of halogens is 1. The Hall–Kier alpha value is 1.38. The average Bonchev–Trinajstić information content (AvgIpc) is 1.87.